The van der Waals surface area contributed by atoms with Crippen molar-refractivity contribution in [2.75, 3.05) is 11.9 Å². The van der Waals surface area contributed by atoms with Crippen LogP contribution in [0, 0.1) is 18.3 Å². The predicted molar refractivity (Wildman–Crippen MR) is 104 cm³/mol. The first-order chi connectivity index (χ1) is 14.5. The van der Waals surface area contributed by atoms with Crippen molar-refractivity contribution in [3.8, 4) is 0 Å². The number of aryl methyl sites for hydroxylation is 1. The van der Waals surface area contributed by atoms with Crippen molar-refractivity contribution in [1.29, 1.82) is 5.53 Å². The van der Waals surface area contributed by atoms with E-state index in [-0.39, 0.29) is 35.9 Å². The molecule has 1 amide bonds. The van der Waals surface area contributed by atoms with E-state index in [1.54, 1.807) is 6.92 Å². The summed E-state index contributed by atoms with van der Waals surface area (Å²) >= 11 is 5.89. The summed E-state index contributed by atoms with van der Waals surface area (Å²) in [5.74, 6) is -1.18. The lowest BCUT2D eigenvalue weighted by Gasteiger charge is -2.35. The van der Waals surface area contributed by atoms with Crippen LogP contribution < -0.4 is 5.32 Å². The Bertz CT molecular complexity index is 1070. The molecule has 1 atom stereocenters. The predicted octanol–water partition coefficient (Wildman–Crippen LogP) is 5.19. The van der Waals surface area contributed by atoms with Crippen LogP contribution in [0.25, 0.3) is 0 Å². The van der Waals surface area contributed by atoms with E-state index in [9.17, 15) is 22.4 Å². The molecular weight excluding hydrogens is 440 g/mol. The number of amides is 1. The molecule has 12 heteroatoms. The molecule has 1 aromatic heterocycles. The van der Waals surface area contributed by atoms with Crippen molar-refractivity contribution in [2.45, 2.75) is 32.5 Å². The number of nitrogens with zero attached hydrogens (tertiary/aromatic N) is 4. The number of alkyl halides is 3. The molecule has 1 aromatic carbocycles. The first kappa shape index (κ1) is 22.6. The van der Waals surface area contributed by atoms with Crippen molar-refractivity contribution in [1.82, 2.24) is 14.9 Å². The van der Waals surface area contributed by atoms with Gasteiger partial charge in [-0.25, -0.2) is 19.9 Å². The summed E-state index contributed by atoms with van der Waals surface area (Å²) in [6.45, 7) is 3.17. The molecule has 0 aliphatic carbocycles. The summed E-state index contributed by atoms with van der Waals surface area (Å²) in [6, 6.07) is 2.39. The van der Waals surface area contributed by atoms with Gasteiger partial charge in [0, 0.05) is 18.7 Å². The van der Waals surface area contributed by atoms with Gasteiger partial charge in [-0.1, -0.05) is 17.7 Å². The lowest BCUT2D eigenvalue weighted by Crippen LogP contribution is -2.44. The average Bonchev–Trinajstić information content (AvgIpc) is 2.70. The molecule has 3 rings (SSSR count). The number of carbonyl (C=O) groups is 1. The number of carbonyl (C=O) groups excluding carboxylic acids is 1. The minimum absolute atomic E-state index is 0.1000. The highest BCUT2D eigenvalue weighted by molar-refractivity contribution is 6.34. The first-order valence-electron chi connectivity index (χ1n) is 9.08. The Balaban J connectivity index is 1.90. The molecule has 0 saturated heterocycles. The van der Waals surface area contributed by atoms with Gasteiger partial charge in [-0.2, -0.15) is 18.3 Å². The highest BCUT2D eigenvalue weighted by Gasteiger charge is 2.37. The van der Waals surface area contributed by atoms with E-state index < -0.39 is 34.5 Å². The average molecular weight is 457 g/mol. The number of nitrogens with one attached hydrogen (secondary N) is 2. The Labute approximate surface area is 179 Å². The largest absolute Gasteiger partial charge is 0.417 e. The molecule has 1 aliphatic rings. The van der Waals surface area contributed by atoms with Gasteiger partial charge >= 0.3 is 6.18 Å². The van der Waals surface area contributed by atoms with Crippen LogP contribution in [0.2, 0.25) is 5.02 Å². The first-order valence-corrected chi connectivity index (χ1v) is 9.45. The van der Waals surface area contributed by atoms with Gasteiger partial charge in [0.2, 0.25) is 5.95 Å². The van der Waals surface area contributed by atoms with E-state index in [4.69, 9.17) is 17.1 Å². The summed E-state index contributed by atoms with van der Waals surface area (Å²) in [7, 11) is 0. The summed E-state index contributed by atoms with van der Waals surface area (Å²) < 4.78 is 52.8. The molecule has 31 heavy (non-hydrogen) atoms. The normalized spacial score (nSPS) is 17.0. The number of aromatic nitrogens is 2. The third kappa shape index (κ3) is 4.50. The monoisotopic (exact) mass is 456 g/mol. The maximum atomic E-state index is 13.4. The van der Waals surface area contributed by atoms with E-state index >= 15 is 0 Å². The highest BCUT2D eigenvalue weighted by atomic mass is 35.5. The van der Waals surface area contributed by atoms with Crippen molar-refractivity contribution >= 4 is 23.5 Å². The van der Waals surface area contributed by atoms with Crippen molar-refractivity contribution in [3.05, 3.63) is 63.5 Å². The van der Waals surface area contributed by atoms with Gasteiger partial charge in [0.1, 0.15) is 5.70 Å². The third-order valence-corrected chi connectivity index (χ3v) is 5.28. The molecule has 2 heterocycles. The van der Waals surface area contributed by atoms with Crippen LogP contribution in [0.3, 0.4) is 0 Å². The maximum absolute atomic E-state index is 13.4. The molecule has 2 aromatic rings. The Morgan fingerprint density at radius 3 is 2.71 bits per heavy atom. The van der Waals surface area contributed by atoms with Gasteiger partial charge in [0.25, 0.3) is 5.91 Å². The van der Waals surface area contributed by atoms with Gasteiger partial charge in [0.15, 0.2) is 5.82 Å². The molecule has 2 N–H and O–H groups in total. The lowest BCUT2D eigenvalue weighted by molar-refractivity contribution is -0.137. The van der Waals surface area contributed by atoms with Crippen LogP contribution in [-0.4, -0.2) is 33.4 Å². The maximum Gasteiger partial charge on any atom is 0.417 e. The molecule has 1 aliphatic heterocycles. The van der Waals surface area contributed by atoms with Crippen LogP contribution in [0.15, 0.2) is 40.9 Å². The molecule has 164 valence electrons. The summed E-state index contributed by atoms with van der Waals surface area (Å²) in [5, 5.41) is 5.69. The fourth-order valence-electron chi connectivity index (χ4n) is 3.24. The quantitative estimate of drug-likeness (QED) is 0.489. The molecule has 0 fully saturated rings. The number of hydrogen-bond donors (Lipinski definition) is 2. The molecule has 7 nitrogen and oxygen atoms in total. The Kier molecular flexibility index (Phi) is 6.25. The number of rotatable bonds is 4. The summed E-state index contributed by atoms with van der Waals surface area (Å²) in [5.41, 5.74) is 6.87. The van der Waals surface area contributed by atoms with Crippen molar-refractivity contribution in [3.63, 3.8) is 0 Å². The SMILES string of the molecule is Cc1nc(NC2=C(N=N)C(C)N(C(=O)c3cccc(C(F)(F)F)c3Cl)CC2)ncc1F. The standard InChI is InChI=1S/C19H17ClF4N6O/c1-9-13(21)8-26-18(27-9)28-14-6-7-30(10(2)16(14)29-25)17(31)11-4-3-5-12(15(11)20)19(22,23)24/h3-5,8,10,25H,6-7H2,1-2H3,(H,26,27,28). The van der Waals surface area contributed by atoms with Crippen LogP contribution in [-0.2, 0) is 6.18 Å². The second-order valence-corrected chi connectivity index (χ2v) is 7.19. The van der Waals surface area contributed by atoms with E-state index in [1.807, 2.05) is 0 Å². The van der Waals surface area contributed by atoms with Gasteiger partial charge in [-0.05, 0) is 26.0 Å². The van der Waals surface area contributed by atoms with Gasteiger partial charge in [0.05, 0.1) is 34.1 Å². The summed E-state index contributed by atoms with van der Waals surface area (Å²) in [6.07, 6.45) is -3.50. The number of hydrogen-bond acceptors (Lipinski definition) is 6. The molecule has 0 spiro atoms. The van der Waals surface area contributed by atoms with Crippen LogP contribution in [0.4, 0.5) is 23.5 Å². The van der Waals surface area contributed by atoms with E-state index in [0.29, 0.717) is 5.70 Å². The molecule has 0 bridgehead atoms. The highest BCUT2D eigenvalue weighted by Crippen LogP contribution is 2.37. The van der Waals surface area contributed by atoms with Crippen molar-refractivity contribution in [2.24, 2.45) is 5.11 Å². The number of anilines is 1. The smallest absolute Gasteiger partial charge is 0.330 e. The fourth-order valence-corrected chi connectivity index (χ4v) is 3.55. The van der Waals surface area contributed by atoms with Gasteiger partial charge < -0.3 is 10.2 Å². The second kappa shape index (κ2) is 8.58. The molecule has 1 unspecified atom stereocenters. The minimum atomic E-state index is -4.70. The fraction of sp³-hybridized carbons (Fsp3) is 0.316. The third-order valence-electron chi connectivity index (χ3n) is 4.87. The second-order valence-electron chi connectivity index (χ2n) is 6.82. The van der Waals surface area contributed by atoms with Gasteiger partial charge in [-0.3, -0.25) is 4.79 Å². The lowest BCUT2D eigenvalue weighted by atomic mass is 10.0. The van der Waals surface area contributed by atoms with Crippen molar-refractivity contribution < 1.29 is 22.4 Å². The summed E-state index contributed by atoms with van der Waals surface area (Å²) in [4.78, 5) is 22.1. The Morgan fingerprint density at radius 2 is 2.10 bits per heavy atom. The van der Waals surface area contributed by atoms with Gasteiger partial charge in [-0.15, -0.1) is 0 Å². The zero-order chi connectivity index (χ0) is 22.9. The number of benzene rings is 1. The molecular formula is C19H17ClF4N6O. The molecule has 0 saturated carbocycles. The van der Waals surface area contributed by atoms with E-state index in [2.05, 4.69) is 20.4 Å². The van der Waals surface area contributed by atoms with E-state index in [0.717, 1.165) is 18.3 Å². The molecule has 0 radical (unpaired) electrons. The van der Waals surface area contributed by atoms with Crippen LogP contribution in [0.5, 0.6) is 0 Å². The van der Waals surface area contributed by atoms with Crippen LogP contribution in [0.1, 0.15) is 35.0 Å². The zero-order valence-corrected chi connectivity index (χ0v) is 17.1. The van der Waals surface area contributed by atoms with E-state index in [1.165, 1.54) is 17.9 Å². The zero-order valence-electron chi connectivity index (χ0n) is 16.4. The Morgan fingerprint density at radius 1 is 1.39 bits per heavy atom. The van der Waals surface area contributed by atoms with Crippen LogP contribution >= 0.6 is 11.6 Å². The minimum Gasteiger partial charge on any atom is -0.330 e. The Hall–Kier alpha value is -3.08. The number of halogens is 5. The topological polar surface area (TPSA) is 94.3 Å².